The van der Waals surface area contributed by atoms with Crippen LogP contribution < -0.4 is 26.2 Å². The van der Waals surface area contributed by atoms with Crippen molar-refractivity contribution in [1.82, 2.24) is 0 Å². The summed E-state index contributed by atoms with van der Waals surface area (Å²) < 4.78 is 0. The largest absolute Gasteiger partial charge is 0.311 e. The summed E-state index contributed by atoms with van der Waals surface area (Å²) >= 11 is 0. The molecule has 0 N–H and O–H groups in total. The van der Waals surface area contributed by atoms with Crippen LogP contribution in [0.2, 0.25) is 0 Å². The SMILES string of the molecule is Cc1cc2c3c(c1)N(c1cccc4c1-c1ccccc1C4(C)C)c1ccc(C(C)(C)C)cc1B3c1cc3c(cc1N2c1ccc2c(c1)C(C)(C)CCC2(C)C)C(C)(C)CCC3(C)C. The van der Waals surface area contributed by atoms with E-state index >= 15 is 0 Å². The molecule has 11 rings (SSSR count). The normalized spacial score (nSPS) is 19.9. The van der Waals surface area contributed by atoms with Gasteiger partial charge in [0.1, 0.15) is 0 Å². The molecular weight excluding hydrogens is 759 g/mol. The highest BCUT2D eigenvalue weighted by Crippen LogP contribution is 2.56. The number of hydrogen-bond acceptors (Lipinski definition) is 2. The maximum atomic E-state index is 2.71. The van der Waals surface area contributed by atoms with Crippen molar-refractivity contribution < 1.29 is 0 Å². The third-order valence-corrected chi connectivity index (χ3v) is 17.0. The summed E-state index contributed by atoms with van der Waals surface area (Å²) in [5.41, 5.74) is 26.6. The van der Waals surface area contributed by atoms with Crippen LogP contribution in [0.4, 0.5) is 34.1 Å². The quantitative estimate of drug-likeness (QED) is 0.160. The van der Waals surface area contributed by atoms with E-state index in [1.54, 1.807) is 0 Å². The zero-order chi connectivity index (χ0) is 44.6. The molecule has 0 atom stereocenters. The highest BCUT2D eigenvalue weighted by Gasteiger charge is 2.48. The molecule has 0 unspecified atom stereocenters. The molecule has 2 nitrogen and oxygen atoms in total. The number of aryl methyl sites for hydroxylation is 1. The summed E-state index contributed by atoms with van der Waals surface area (Å²) in [7, 11) is 0. The second-order valence-electron chi connectivity index (χ2n) is 24.4. The molecule has 0 saturated heterocycles. The molecule has 2 aliphatic heterocycles. The monoisotopic (exact) mass is 827 g/mol. The van der Waals surface area contributed by atoms with Gasteiger partial charge < -0.3 is 9.80 Å². The summed E-state index contributed by atoms with van der Waals surface area (Å²) in [6.45, 7) is 34.1. The number of rotatable bonds is 2. The van der Waals surface area contributed by atoms with Gasteiger partial charge in [-0.2, -0.15) is 0 Å². The van der Waals surface area contributed by atoms with Gasteiger partial charge in [0.05, 0.1) is 5.69 Å². The molecule has 0 saturated carbocycles. The van der Waals surface area contributed by atoms with Crippen LogP contribution in [0.25, 0.3) is 11.1 Å². The predicted molar refractivity (Wildman–Crippen MR) is 272 cm³/mol. The molecule has 0 fully saturated rings. The van der Waals surface area contributed by atoms with E-state index in [1.165, 1.54) is 132 Å². The van der Waals surface area contributed by atoms with E-state index in [4.69, 9.17) is 0 Å². The van der Waals surface area contributed by atoms with Gasteiger partial charge in [-0.3, -0.25) is 0 Å². The van der Waals surface area contributed by atoms with Gasteiger partial charge in [-0.25, -0.2) is 0 Å². The zero-order valence-corrected chi connectivity index (χ0v) is 40.6. The standard InChI is InChI=1S/C60H67BN2/c1-36-30-51-54-52(31-36)63(49-21-17-20-42-53(49)39-18-15-16-19-40(39)60(42,13)14)48-25-22-37(55(2,3)4)32-46(48)61(54)47-34-44-45(59(11,12)29-28-58(44,9)10)35-50(47)62(51)38-23-24-41-43(33-38)57(7,8)27-26-56(41,5)6/h15-25,30-35H,26-29H2,1-14H3. The topological polar surface area (TPSA) is 6.48 Å². The van der Waals surface area contributed by atoms with E-state index in [-0.39, 0.29) is 39.2 Å². The Hall–Kier alpha value is -5.02. The van der Waals surface area contributed by atoms with Crippen LogP contribution in [0.1, 0.15) is 160 Å². The molecule has 3 aliphatic carbocycles. The second-order valence-corrected chi connectivity index (χ2v) is 24.4. The fourth-order valence-electron chi connectivity index (χ4n) is 12.8. The molecule has 5 aliphatic rings. The van der Waals surface area contributed by atoms with Gasteiger partial charge in [-0.1, -0.05) is 151 Å². The van der Waals surface area contributed by atoms with Crippen LogP contribution >= 0.6 is 0 Å². The molecule has 320 valence electrons. The Labute approximate surface area is 379 Å². The van der Waals surface area contributed by atoms with E-state index in [0.717, 1.165) is 0 Å². The van der Waals surface area contributed by atoms with Crippen LogP contribution in [0.3, 0.4) is 0 Å². The Morgan fingerprint density at radius 3 is 1.70 bits per heavy atom. The van der Waals surface area contributed by atoms with Crippen molar-refractivity contribution in [2.24, 2.45) is 0 Å². The maximum absolute atomic E-state index is 2.71. The molecule has 6 aromatic carbocycles. The van der Waals surface area contributed by atoms with Crippen molar-refractivity contribution in [3.05, 3.63) is 148 Å². The minimum absolute atomic E-state index is 0.0116. The lowest BCUT2D eigenvalue weighted by Crippen LogP contribution is -2.62. The molecule has 0 radical (unpaired) electrons. The zero-order valence-electron chi connectivity index (χ0n) is 40.6. The number of nitrogens with zero attached hydrogens (tertiary/aromatic N) is 2. The van der Waals surface area contributed by atoms with Crippen molar-refractivity contribution in [3.63, 3.8) is 0 Å². The molecular formula is C60H67BN2. The predicted octanol–water partition coefficient (Wildman–Crippen LogP) is 14.4. The third-order valence-electron chi connectivity index (χ3n) is 17.0. The van der Waals surface area contributed by atoms with Gasteiger partial charge >= 0.3 is 0 Å². The first kappa shape index (κ1) is 40.7. The summed E-state index contributed by atoms with van der Waals surface area (Å²) in [4.78, 5) is 5.38. The van der Waals surface area contributed by atoms with E-state index < -0.39 is 0 Å². The van der Waals surface area contributed by atoms with Crippen molar-refractivity contribution in [3.8, 4) is 11.1 Å². The van der Waals surface area contributed by atoms with Gasteiger partial charge in [0.25, 0.3) is 6.71 Å². The average molecular weight is 827 g/mol. The maximum Gasteiger partial charge on any atom is 0.252 e. The van der Waals surface area contributed by atoms with Crippen LogP contribution in [-0.2, 0) is 32.5 Å². The Morgan fingerprint density at radius 1 is 0.460 bits per heavy atom. The van der Waals surface area contributed by atoms with Gasteiger partial charge in [0.15, 0.2) is 0 Å². The Balaban J connectivity index is 1.27. The van der Waals surface area contributed by atoms with E-state index in [9.17, 15) is 0 Å². The minimum Gasteiger partial charge on any atom is -0.311 e. The first-order valence-electron chi connectivity index (χ1n) is 24.0. The van der Waals surface area contributed by atoms with Gasteiger partial charge in [-0.15, -0.1) is 0 Å². The summed E-state index contributed by atoms with van der Waals surface area (Å²) in [6, 6.07) is 41.7. The molecule has 0 amide bonds. The lowest BCUT2D eigenvalue weighted by atomic mass is 9.33. The highest BCUT2D eigenvalue weighted by atomic mass is 15.2. The van der Waals surface area contributed by atoms with Gasteiger partial charge in [-0.05, 0) is 169 Å². The van der Waals surface area contributed by atoms with Crippen molar-refractivity contribution in [2.45, 2.75) is 155 Å². The third kappa shape index (κ3) is 5.69. The number of hydrogen-bond donors (Lipinski definition) is 0. The Bertz CT molecular complexity index is 2950. The minimum atomic E-state index is -0.102. The van der Waals surface area contributed by atoms with Crippen LogP contribution in [0, 0.1) is 6.92 Å². The first-order valence-corrected chi connectivity index (χ1v) is 24.0. The Morgan fingerprint density at radius 2 is 1.03 bits per heavy atom. The smallest absolute Gasteiger partial charge is 0.252 e. The molecule has 3 heteroatoms. The van der Waals surface area contributed by atoms with Crippen molar-refractivity contribution in [2.75, 3.05) is 9.80 Å². The number of fused-ring (bicyclic) bond motifs is 9. The van der Waals surface area contributed by atoms with E-state index in [2.05, 4.69) is 210 Å². The molecule has 0 bridgehead atoms. The summed E-state index contributed by atoms with van der Waals surface area (Å²) in [5, 5.41) is 0. The fourth-order valence-corrected chi connectivity index (χ4v) is 12.8. The lowest BCUT2D eigenvalue weighted by molar-refractivity contribution is 0.332. The van der Waals surface area contributed by atoms with Crippen LogP contribution in [0.5, 0.6) is 0 Å². The Kier molecular flexibility index (Phi) is 8.30. The molecule has 0 aromatic heterocycles. The van der Waals surface area contributed by atoms with Crippen molar-refractivity contribution >= 4 is 57.2 Å². The molecule has 0 spiro atoms. The molecule has 63 heavy (non-hydrogen) atoms. The number of benzene rings is 6. The molecule has 6 aromatic rings. The fraction of sp³-hybridized carbons (Fsp3) is 0.400. The average Bonchev–Trinajstić information content (AvgIpc) is 3.46. The summed E-state index contributed by atoms with van der Waals surface area (Å²) in [6.07, 6.45) is 4.77. The van der Waals surface area contributed by atoms with Gasteiger partial charge in [0, 0.05) is 39.4 Å². The number of anilines is 6. The van der Waals surface area contributed by atoms with Crippen molar-refractivity contribution in [1.29, 1.82) is 0 Å². The summed E-state index contributed by atoms with van der Waals surface area (Å²) in [5.74, 6) is 0. The first-order chi connectivity index (χ1) is 29.5. The van der Waals surface area contributed by atoms with Crippen LogP contribution in [0.15, 0.2) is 103 Å². The second kappa shape index (κ2) is 12.8. The van der Waals surface area contributed by atoms with Gasteiger partial charge in [0.2, 0.25) is 0 Å². The highest BCUT2D eigenvalue weighted by molar-refractivity contribution is 7.00. The molecule has 2 heterocycles. The van der Waals surface area contributed by atoms with E-state index in [1.807, 2.05) is 0 Å². The van der Waals surface area contributed by atoms with E-state index in [0.29, 0.717) is 0 Å². The lowest BCUT2D eigenvalue weighted by Gasteiger charge is -2.48. The van der Waals surface area contributed by atoms with Crippen LogP contribution in [-0.4, -0.2) is 6.71 Å².